The van der Waals surface area contributed by atoms with Crippen LogP contribution in [-0.4, -0.2) is 25.8 Å². The third kappa shape index (κ3) is 2.25. The highest BCUT2D eigenvalue weighted by atomic mass is 16.4. The molecular formula is C13H15N3O2. The van der Waals surface area contributed by atoms with Crippen molar-refractivity contribution >= 4 is 5.97 Å². The number of pyridine rings is 1. The molecule has 0 fully saturated rings. The van der Waals surface area contributed by atoms with Crippen molar-refractivity contribution < 1.29 is 9.90 Å². The molecule has 0 aliphatic rings. The van der Waals surface area contributed by atoms with E-state index in [1.54, 1.807) is 35.3 Å². The van der Waals surface area contributed by atoms with Crippen molar-refractivity contribution in [3.8, 4) is 5.69 Å². The minimum absolute atomic E-state index is 0.0525. The largest absolute Gasteiger partial charge is 0.476 e. The van der Waals surface area contributed by atoms with Crippen molar-refractivity contribution in [1.29, 1.82) is 0 Å². The fourth-order valence-corrected chi connectivity index (χ4v) is 1.70. The van der Waals surface area contributed by atoms with Crippen molar-refractivity contribution in [1.82, 2.24) is 14.8 Å². The van der Waals surface area contributed by atoms with Gasteiger partial charge >= 0.3 is 5.97 Å². The fraction of sp³-hybridized carbons (Fsp3) is 0.308. The van der Waals surface area contributed by atoms with Gasteiger partial charge in [-0.25, -0.2) is 9.48 Å². The van der Waals surface area contributed by atoms with Crippen molar-refractivity contribution in [3.63, 3.8) is 0 Å². The van der Waals surface area contributed by atoms with E-state index in [-0.39, 0.29) is 11.1 Å². The van der Waals surface area contributed by atoms with Crippen LogP contribution in [0.2, 0.25) is 0 Å². The van der Waals surface area contributed by atoms with Crippen LogP contribution < -0.4 is 0 Å². The van der Waals surface area contributed by atoms with Gasteiger partial charge < -0.3 is 5.11 Å². The number of rotatable bonds is 2. The van der Waals surface area contributed by atoms with Crippen LogP contribution in [0.25, 0.3) is 5.69 Å². The van der Waals surface area contributed by atoms with Crippen molar-refractivity contribution in [2.24, 2.45) is 0 Å². The van der Waals surface area contributed by atoms with Crippen LogP contribution in [0.15, 0.2) is 30.6 Å². The van der Waals surface area contributed by atoms with Gasteiger partial charge in [0.1, 0.15) is 0 Å². The number of carbonyl (C=O) groups is 1. The monoisotopic (exact) mass is 245 g/mol. The predicted octanol–water partition coefficient (Wildman–Crippen LogP) is 2.26. The molecule has 0 unspecified atom stereocenters. The lowest BCUT2D eigenvalue weighted by molar-refractivity contribution is 0.0690. The number of nitrogens with zero attached hydrogens (tertiary/aromatic N) is 3. The molecule has 0 saturated carbocycles. The van der Waals surface area contributed by atoms with Crippen molar-refractivity contribution in [3.05, 3.63) is 42.0 Å². The highest BCUT2D eigenvalue weighted by Gasteiger charge is 2.23. The number of aromatic nitrogens is 3. The van der Waals surface area contributed by atoms with E-state index in [4.69, 9.17) is 5.11 Å². The zero-order chi connectivity index (χ0) is 13.3. The van der Waals surface area contributed by atoms with Crippen molar-refractivity contribution in [2.75, 3.05) is 0 Å². The third-order valence-corrected chi connectivity index (χ3v) is 2.60. The molecule has 0 bridgehead atoms. The molecule has 94 valence electrons. The van der Waals surface area contributed by atoms with E-state index in [1.165, 1.54) is 0 Å². The van der Waals surface area contributed by atoms with Gasteiger partial charge in [-0.05, 0) is 18.2 Å². The van der Waals surface area contributed by atoms with Crippen LogP contribution in [0.5, 0.6) is 0 Å². The topological polar surface area (TPSA) is 68.0 Å². The molecule has 0 saturated heterocycles. The molecule has 2 heterocycles. The number of carboxylic acids is 1. The molecule has 0 aliphatic heterocycles. The first-order valence-electron chi connectivity index (χ1n) is 5.64. The van der Waals surface area contributed by atoms with Crippen molar-refractivity contribution in [2.45, 2.75) is 26.2 Å². The minimum Gasteiger partial charge on any atom is -0.476 e. The number of hydrogen-bond acceptors (Lipinski definition) is 3. The quantitative estimate of drug-likeness (QED) is 0.881. The second-order valence-electron chi connectivity index (χ2n) is 5.09. The van der Waals surface area contributed by atoms with E-state index in [1.807, 2.05) is 20.8 Å². The minimum atomic E-state index is -1.02. The highest BCUT2D eigenvalue weighted by Crippen LogP contribution is 2.25. The zero-order valence-corrected chi connectivity index (χ0v) is 10.6. The first-order chi connectivity index (χ1) is 8.39. The Bertz CT molecular complexity index is 568. The van der Waals surface area contributed by atoms with Gasteiger partial charge in [0.05, 0.1) is 11.4 Å². The summed E-state index contributed by atoms with van der Waals surface area (Å²) < 4.78 is 1.66. The maximum atomic E-state index is 11.0. The molecule has 18 heavy (non-hydrogen) atoms. The Kier molecular flexibility index (Phi) is 2.90. The summed E-state index contributed by atoms with van der Waals surface area (Å²) in [6.45, 7) is 6.06. The Balaban J connectivity index is 2.62. The Morgan fingerprint density at radius 1 is 1.28 bits per heavy atom. The lowest BCUT2D eigenvalue weighted by Gasteiger charge is -2.19. The summed E-state index contributed by atoms with van der Waals surface area (Å²) in [5.74, 6) is -1.02. The summed E-state index contributed by atoms with van der Waals surface area (Å²) in [4.78, 5) is 15.0. The lowest BCUT2D eigenvalue weighted by Crippen LogP contribution is -2.17. The maximum Gasteiger partial charge on any atom is 0.356 e. The zero-order valence-electron chi connectivity index (χ0n) is 10.6. The average molecular weight is 245 g/mol. The first kappa shape index (κ1) is 12.3. The van der Waals surface area contributed by atoms with E-state index in [2.05, 4.69) is 10.1 Å². The van der Waals surface area contributed by atoms with Crippen LogP contribution in [0, 0.1) is 0 Å². The van der Waals surface area contributed by atoms with Gasteiger partial charge in [-0.2, -0.15) is 5.10 Å². The van der Waals surface area contributed by atoms with E-state index in [0.29, 0.717) is 0 Å². The Morgan fingerprint density at radius 3 is 2.39 bits per heavy atom. The molecule has 0 spiro atoms. The smallest absolute Gasteiger partial charge is 0.356 e. The Labute approximate surface area is 105 Å². The summed E-state index contributed by atoms with van der Waals surface area (Å²) in [5.41, 5.74) is 1.52. The molecule has 0 aromatic carbocycles. The van der Waals surface area contributed by atoms with E-state index in [9.17, 15) is 4.79 Å². The van der Waals surface area contributed by atoms with Gasteiger partial charge in [-0.15, -0.1) is 0 Å². The molecule has 0 atom stereocenters. The van der Waals surface area contributed by atoms with Gasteiger partial charge in [0.25, 0.3) is 0 Å². The summed E-state index contributed by atoms with van der Waals surface area (Å²) >= 11 is 0. The molecule has 1 N–H and O–H groups in total. The fourth-order valence-electron chi connectivity index (χ4n) is 1.70. The normalized spacial score (nSPS) is 11.5. The molecule has 0 amide bonds. The van der Waals surface area contributed by atoms with E-state index >= 15 is 0 Å². The second-order valence-corrected chi connectivity index (χ2v) is 5.09. The molecular weight excluding hydrogens is 230 g/mol. The van der Waals surface area contributed by atoms with E-state index < -0.39 is 5.97 Å². The number of carboxylic acid groups (broad SMARTS) is 1. The SMILES string of the molecule is CC(C)(C)c1cc(C(=O)O)nn1-c1ccncc1. The van der Waals surface area contributed by atoms with Crippen LogP contribution in [-0.2, 0) is 5.41 Å². The molecule has 2 aromatic heterocycles. The standard InChI is InChI=1S/C13H15N3O2/c1-13(2,3)11-8-10(12(17)18)15-16(11)9-4-6-14-7-5-9/h4-8H,1-3H3,(H,17,18). The summed E-state index contributed by atoms with van der Waals surface area (Å²) in [6.07, 6.45) is 3.31. The molecule has 0 radical (unpaired) electrons. The summed E-state index contributed by atoms with van der Waals surface area (Å²) in [7, 11) is 0. The first-order valence-corrected chi connectivity index (χ1v) is 5.64. The molecule has 0 aliphatic carbocycles. The predicted molar refractivity (Wildman–Crippen MR) is 67.0 cm³/mol. The number of hydrogen-bond donors (Lipinski definition) is 1. The second kappa shape index (κ2) is 4.25. The van der Waals surface area contributed by atoms with Crippen LogP contribution >= 0.6 is 0 Å². The van der Waals surface area contributed by atoms with E-state index in [0.717, 1.165) is 11.4 Å². The lowest BCUT2D eigenvalue weighted by atomic mass is 9.91. The summed E-state index contributed by atoms with van der Waals surface area (Å²) in [5, 5.41) is 13.2. The highest BCUT2D eigenvalue weighted by molar-refractivity contribution is 5.85. The van der Waals surface area contributed by atoms with Crippen LogP contribution in [0.4, 0.5) is 0 Å². The average Bonchev–Trinajstić information content (AvgIpc) is 2.74. The third-order valence-electron chi connectivity index (χ3n) is 2.60. The van der Waals surface area contributed by atoms with Crippen LogP contribution in [0.3, 0.4) is 0 Å². The van der Waals surface area contributed by atoms with Gasteiger partial charge in [0, 0.05) is 17.8 Å². The summed E-state index contributed by atoms with van der Waals surface area (Å²) in [6, 6.07) is 5.21. The van der Waals surface area contributed by atoms with Gasteiger partial charge in [-0.1, -0.05) is 20.8 Å². The molecule has 5 nitrogen and oxygen atoms in total. The molecule has 2 rings (SSSR count). The Morgan fingerprint density at radius 2 is 1.89 bits per heavy atom. The van der Waals surface area contributed by atoms with Gasteiger partial charge in [0.15, 0.2) is 5.69 Å². The Hall–Kier alpha value is -2.17. The van der Waals surface area contributed by atoms with Gasteiger partial charge in [0.2, 0.25) is 0 Å². The van der Waals surface area contributed by atoms with Gasteiger partial charge in [-0.3, -0.25) is 4.98 Å². The number of aromatic carboxylic acids is 1. The molecule has 2 aromatic rings. The van der Waals surface area contributed by atoms with Crippen LogP contribution in [0.1, 0.15) is 37.0 Å². The molecule has 5 heteroatoms. The maximum absolute atomic E-state index is 11.0.